The Kier molecular flexibility index (Phi) is 5.94. The Morgan fingerprint density at radius 2 is 1.92 bits per heavy atom. The van der Waals surface area contributed by atoms with Crippen molar-refractivity contribution < 1.29 is 23.1 Å². The van der Waals surface area contributed by atoms with Gasteiger partial charge in [0.05, 0.1) is 11.7 Å². The van der Waals surface area contributed by atoms with Gasteiger partial charge in [-0.05, 0) is 35.7 Å². The molecule has 6 rings (SSSR count). The number of nitrogens with zero attached hydrogens (tertiary/aromatic N) is 7. The number of fused-ring (bicyclic) bond motifs is 2. The number of hydrogen-bond acceptors (Lipinski definition) is 6. The quantitative estimate of drug-likeness (QED) is 0.345. The maximum Gasteiger partial charge on any atom is 0.408 e. The Bertz CT molecular complexity index is 1700. The molecule has 0 spiro atoms. The molecule has 2 N–H and O–H groups in total. The van der Waals surface area contributed by atoms with Crippen LogP contribution in [0.1, 0.15) is 18.0 Å². The van der Waals surface area contributed by atoms with Gasteiger partial charge in [0.2, 0.25) is 0 Å². The topological polar surface area (TPSA) is 113 Å². The highest BCUT2D eigenvalue weighted by atomic mass is 19.4. The van der Waals surface area contributed by atoms with E-state index in [9.17, 15) is 18.0 Å². The lowest BCUT2D eigenvalue weighted by Gasteiger charge is -2.30. The van der Waals surface area contributed by atoms with Gasteiger partial charge in [0.1, 0.15) is 11.7 Å². The van der Waals surface area contributed by atoms with Crippen LogP contribution in [-0.2, 0) is 7.05 Å². The van der Waals surface area contributed by atoms with Crippen molar-refractivity contribution in [1.82, 2.24) is 39.6 Å². The number of rotatable bonds is 5. The molecule has 1 aliphatic rings. The van der Waals surface area contributed by atoms with Crippen LogP contribution in [0.3, 0.4) is 0 Å². The molecule has 1 amide bonds. The maximum absolute atomic E-state index is 14.3. The van der Waals surface area contributed by atoms with Crippen LogP contribution in [-0.4, -0.2) is 70.8 Å². The highest BCUT2D eigenvalue weighted by Gasteiger charge is 2.47. The Labute approximate surface area is 219 Å². The number of aryl methyl sites for hydroxylation is 1. The first kappa shape index (κ1) is 24.8. The van der Waals surface area contributed by atoms with Crippen molar-refractivity contribution in [2.24, 2.45) is 7.05 Å². The Morgan fingerprint density at radius 1 is 1.10 bits per heavy atom. The third kappa shape index (κ3) is 4.76. The molecule has 2 atom stereocenters. The summed E-state index contributed by atoms with van der Waals surface area (Å²) in [6.45, 7) is 0.0583. The van der Waals surface area contributed by atoms with Crippen molar-refractivity contribution >= 4 is 22.6 Å². The first-order valence-corrected chi connectivity index (χ1v) is 12.2. The third-order valence-electron chi connectivity index (χ3n) is 6.92. The van der Waals surface area contributed by atoms with Crippen LogP contribution < -0.4 is 5.32 Å². The fourth-order valence-corrected chi connectivity index (χ4v) is 5.16. The molecular weight excluding hydrogens is 513 g/mol. The molecule has 10 nitrogen and oxygen atoms in total. The number of benzene rings is 1. The molecule has 0 aliphatic carbocycles. The second-order valence-electron chi connectivity index (χ2n) is 9.60. The molecule has 39 heavy (non-hydrogen) atoms. The fourth-order valence-electron chi connectivity index (χ4n) is 5.16. The second kappa shape index (κ2) is 9.34. The SMILES string of the molecule is Cn1cc(-c2ccc3ccc(-c4nnc5ccc(C(N6CC[C@H](NC(=O)O)C6)C(F)(F)F)cn45)nc3c2)cn1. The minimum atomic E-state index is -4.58. The molecule has 4 aromatic heterocycles. The number of pyridine rings is 2. The largest absolute Gasteiger partial charge is 0.465 e. The van der Waals surface area contributed by atoms with E-state index < -0.39 is 24.4 Å². The van der Waals surface area contributed by atoms with Gasteiger partial charge in [0.25, 0.3) is 0 Å². The van der Waals surface area contributed by atoms with Gasteiger partial charge in [-0.1, -0.05) is 24.3 Å². The van der Waals surface area contributed by atoms with Crippen LogP contribution in [0.4, 0.5) is 18.0 Å². The van der Waals surface area contributed by atoms with Gasteiger partial charge in [-0.15, -0.1) is 10.2 Å². The van der Waals surface area contributed by atoms with E-state index in [-0.39, 0.29) is 18.7 Å². The predicted octanol–water partition coefficient (Wildman–Crippen LogP) is 4.29. The number of likely N-dealkylation sites (tertiary alicyclic amines) is 1. The van der Waals surface area contributed by atoms with Gasteiger partial charge in [-0.3, -0.25) is 14.0 Å². The summed E-state index contributed by atoms with van der Waals surface area (Å²) in [6, 6.07) is 9.90. The molecule has 0 radical (unpaired) electrons. The van der Waals surface area contributed by atoms with Crippen LogP contribution in [0.2, 0.25) is 0 Å². The van der Waals surface area contributed by atoms with Crippen molar-refractivity contribution in [3.8, 4) is 22.6 Å². The zero-order chi connectivity index (χ0) is 27.3. The van der Waals surface area contributed by atoms with Crippen LogP contribution in [0.5, 0.6) is 0 Å². The zero-order valence-corrected chi connectivity index (χ0v) is 20.7. The van der Waals surface area contributed by atoms with Crippen LogP contribution in [0.25, 0.3) is 39.2 Å². The summed E-state index contributed by atoms with van der Waals surface area (Å²) in [4.78, 5) is 17.0. The number of nitrogens with one attached hydrogen (secondary N) is 1. The summed E-state index contributed by atoms with van der Waals surface area (Å²) in [6.07, 6.45) is -0.494. The minimum Gasteiger partial charge on any atom is -0.465 e. The van der Waals surface area contributed by atoms with E-state index in [1.807, 2.05) is 37.5 Å². The molecule has 1 saturated heterocycles. The van der Waals surface area contributed by atoms with E-state index in [0.29, 0.717) is 29.1 Å². The smallest absolute Gasteiger partial charge is 0.408 e. The first-order valence-electron chi connectivity index (χ1n) is 12.2. The number of carbonyl (C=O) groups is 1. The summed E-state index contributed by atoms with van der Waals surface area (Å²) < 4.78 is 46.2. The Balaban J connectivity index is 1.38. The second-order valence-corrected chi connectivity index (χ2v) is 9.60. The fraction of sp³-hybridized carbons (Fsp3) is 0.269. The average Bonchev–Trinajstić information content (AvgIpc) is 3.62. The highest BCUT2D eigenvalue weighted by Crippen LogP contribution is 2.40. The first-order chi connectivity index (χ1) is 18.7. The summed E-state index contributed by atoms with van der Waals surface area (Å²) in [5.41, 5.74) is 3.42. The number of alkyl halides is 3. The van der Waals surface area contributed by atoms with E-state index in [4.69, 9.17) is 10.1 Å². The molecule has 1 aromatic carbocycles. The molecule has 5 heterocycles. The number of aromatic nitrogens is 6. The van der Waals surface area contributed by atoms with E-state index in [1.54, 1.807) is 16.9 Å². The normalized spacial score (nSPS) is 17.2. The average molecular weight is 537 g/mol. The summed E-state index contributed by atoms with van der Waals surface area (Å²) in [5.74, 6) is 0.313. The van der Waals surface area contributed by atoms with Crippen molar-refractivity contribution in [3.05, 3.63) is 66.6 Å². The molecule has 5 aromatic rings. The summed E-state index contributed by atoms with van der Waals surface area (Å²) in [7, 11) is 1.84. The Morgan fingerprint density at radius 3 is 2.67 bits per heavy atom. The van der Waals surface area contributed by atoms with Crippen LogP contribution in [0, 0.1) is 0 Å². The van der Waals surface area contributed by atoms with Gasteiger partial charge >= 0.3 is 12.3 Å². The molecule has 200 valence electrons. The minimum absolute atomic E-state index is 0.00618. The zero-order valence-electron chi connectivity index (χ0n) is 20.7. The highest BCUT2D eigenvalue weighted by molar-refractivity contribution is 5.85. The summed E-state index contributed by atoms with van der Waals surface area (Å²) >= 11 is 0. The lowest BCUT2D eigenvalue weighted by Crippen LogP contribution is -2.40. The van der Waals surface area contributed by atoms with Crippen LogP contribution >= 0.6 is 0 Å². The van der Waals surface area contributed by atoms with Gasteiger partial charge < -0.3 is 10.4 Å². The number of amides is 1. The number of carboxylic acid groups (broad SMARTS) is 1. The molecule has 0 saturated carbocycles. The molecule has 1 unspecified atom stereocenters. The van der Waals surface area contributed by atoms with Crippen molar-refractivity contribution in [3.63, 3.8) is 0 Å². The van der Waals surface area contributed by atoms with Gasteiger partial charge in [0.15, 0.2) is 11.5 Å². The standard InChI is InChI=1S/C26H23F3N8O2/c1-35-12-18(11-30-35)16-3-2-15-4-6-20(32-21(15)10-16)24-34-33-22-7-5-17(13-37(22)24)23(26(27,28)29)36-9-8-19(14-36)31-25(38)39/h2-7,10-13,19,23,31H,8-9,14H2,1H3,(H,38,39)/t19-,23?/m0/s1. The van der Waals surface area contributed by atoms with Crippen molar-refractivity contribution in [1.29, 1.82) is 0 Å². The molecule has 0 bridgehead atoms. The van der Waals surface area contributed by atoms with Gasteiger partial charge in [-0.2, -0.15) is 18.3 Å². The predicted molar refractivity (Wildman–Crippen MR) is 136 cm³/mol. The summed E-state index contributed by atoms with van der Waals surface area (Å²) in [5, 5.41) is 24.7. The van der Waals surface area contributed by atoms with Crippen LogP contribution in [0.15, 0.2) is 61.1 Å². The number of halogens is 3. The van der Waals surface area contributed by atoms with E-state index >= 15 is 0 Å². The maximum atomic E-state index is 14.3. The third-order valence-corrected chi connectivity index (χ3v) is 6.92. The van der Waals surface area contributed by atoms with Crippen molar-refractivity contribution in [2.45, 2.75) is 24.7 Å². The lowest BCUT2D eigenvalue weighted by molar-refractivity contribution is -0.184. The monoisotopic (exact) mass is 536 g/mol. The van der Waals surface area contributed by atoms with E-state index in [1.165, 1.54) is 27.6 Å². The van der Waals surface area contributed by atoms with Gasteiger partial charge in [0, 0.05) is 49.5 Å². The van der Waals surface area contributed by atoms with Gasteiger partial charge in [-0.25, -0.2) is 9.78 Å². The molecule has 1 aliphatic heterocycles. The molecule has 13 heteroatoms. The Hall–Kier alpha value is -4.52. The molecule has 1 fully saturated rings. The van der Waals surface area contributed by atoms with E-state index in [2.05, 4.69) is 20.6 Å². The van der Waals surface area contributed by atoms with Crippen molar-refractivity contribution in [2.75, 3.05) is 13.1 Å². The number of hydrogen-bond donors (Lipinski definition) is 2. The molecular formula is C26H23F3N8O2. The van der Waals surface area contributed by atoms with E-state index in [0.717, 1.165) is 16.5 Å². The lowest BCUT2D eigenvalue weighted by atomic mass is 10.1.